The van der Waals surface area contributed by atoms with Crippen LogP contribution in [-0.4, -0.2) is 16.8 Å². The molecular formula is C17H15ClN2O3. The van der Waals surface area contributed by atoms with Crippen molar-refractivity contribution in [1.29, 1.82) is 0 Å². The Morgan fingerprint density at radius 2 is 1.65 bits per heavy atom. The van der Waals surface area contributed by atoms with Crippen molar-refractivity contribution in [2.24, 2.45) is 0 Å². The quantitative estimate of drug-likeness (QED) is 0.671. The van der Waals surface area contributed by atoms with Crippen LogP contribution in [0.5, 0.6) is 11.5 Å². The molecule has 0 aliphatic rings. The number of para-hydroxylation sites is 2. The first-order valence-electron chi connectivity index (χ1n) is 7.20. The van der Waals surface area contributed by atoms with Crippen molar-refractivity contribution in [3.63, 3.8) is 0 Å². The minimum Gasteiger partial charge on any atom is -0.490 e. The van der Waals surface area contributed by atoms with Gasteiger partial charge in [0.25, 0.3) is 5.89 Å². The van der Waals surface area contributed by atoms with E-state index in [1.54, 1.807) is 6.07 Å². The second kappa shape index (κ2) is 7.15. The van der Waals surface area contributed by atoms with Crippen LogP contribution in [0.3, 0.4) is 0 Å². The number of ether oxygens (including phenoxy) is 2. The number of benzene rings is 2. The molecule has 0 bridgehead atoms. The fourth-order valence-corrected chi connectivity index (χ4v) is 2.26. The molecular weight excluding hydrogens is 316 g/mol. The molecule has 118 valence electrons. The lowest BCUT2D eigenvalue weighted by Gasteiger charge is -2.09. The van der Waals surface area contributed by atoms with Crippen LogP contribution in [-0.2, 0) is 6.61 Å². The monoisotopic (exact) mass is 330 g/mol. The fourth-order valence-electron chi connectivity index (χ4n) is 2.04. The Morgan fingerprint density at radius 3 is 2.39 bits per heavy atom. The normalized spacial score (nSPS) is 10.5. The molecule has 0 amide bonds. The van der Waals surface area contributed by atoms with Gasteiger partial charge in [-0.3, -0.25) is 0 Å². The van der Waals surface area contributed by atoms with Gasteiger partial charge in [-0.1, -0.05) is 35.9 Å². The van der Waals surface area contributed by atoms with Crippen LogP contribution in [0.15, 0.2) is 52.9 Å². The van der Waals surface area contributed by atoms with E-state index in [2.05, 4.69) is 10.2 Å². The zero-order chi connectivity index (χ0) is 16.1. The molecule has 0 saturated carbocycles. The molecule has 0 spiro atoms. The Hall–Kier alpha value is -2.53. The predicted octanol–water partition coefficient (Wildman–Crippen LogP) is 4.37. The topological polar surface area (TPSA) is 57.4 Å². The summed E-state index contributed by atoms with van der Waals surface area (Å²) in [5.74, 6) is 2.05. The number of nitrogens with zero attached hydrogens (tertiary/aromatic N) is 2. The largest absolute Gasteiger partial charge is 0.490 e. The summed E-state index contributed by atoms with van der Waals surface area (Å²) in [4.78, 5) is 0. The van der Waals surface area contributed by atoms with Crippen LogP contribution < -0.4 is 9.47 Å². The SMILES string of the molecule is CCOc1ccccc1OCc1nnc(-c2ccccc2Cl)o1. The van der Waals surface area contributed by atoms with E-state index in [9.17, 15) is 0 Å². The van der Waals surface area contributed by atoms with Crippen LogP contribution in [0.1, 0.15) is 12.8 Å². The Morgan fingerprint density at radius 1 is 0.957 bits per heavy atom. The lowest BCUT2D eigenvalue weighted by Crippen LogP contribution is -1.99. The molecule has 3 aromatic rings. The number of hydrogen-bond acceptors (Lipinski definition) is 5. The van der Waals surface area contributed by atoms with E-state index >= 15 is 0 Å². The van der Waals surface area contributed by atoms with Crippen LogP contribution in [0, 0.1) is 0 Å². The molecule has 0 aliphatic carbocycles. The first-order chi connectivity index (χ1) is 11.3. The summed E-state index contributed by atoms with van der Waals surface area (Å²) < 4.78 is 16.8. The molecule has 2 aromatic carbocycles. The zero-order valence-electron chi connectivity index (χ0n) is 12.5. The minimum atomic E-state index is 0.154. The Labute approximate surface area is 138 Å². The molecule has 0 unspecified atom stereocenters. The Bertz CT molecular complexity index is 789. The van der Waals surface area contributed by atoms with Gasteiger partial charge in [0.15, 0.2) is 18.1 Å². The van der Waals surface area contributed by atoms with E-state index in [4.69, 9.17) is 25.5 Å². The molecule has 0 fully saturated rings. The summed E-state index contributed by atoms with van der Waals surface area (Å²) in [7, 11) is 0. The molecule has 0 aliphatic heterocycles. The first kappa shape index (κ1) is 15.4. The van der Waals surface area contributed by atoms with Gasteiger partial charge in [-0.2, -0.15) is 0 Å². The highest BCUT2D eigenvalue weighted by Gasteiger charge is 2.12. The molecule has 6 heteroatoms. The van der Waals surface area contributed by atoms with E-state index < -0.39 is 0 Å². The minimum absolute atomic E-state index is 0.154. The van der Waals surface area contributed by atoms with Gasteiger partial charge < -0.3 is 13.9 Å². The van der Waals surface area contributed by atoms with Crippen molar-refractivity contribution in [2.75, 3.05) is 6.61 Å². The second-order valence-electron chi connectivity index (χ2n) is 4.65. The highest BCUT2D eigenvalue weighted by molar-refractivity contribution is 6.33. The molecule has 1 heterocycles. The Balaban J connectivity index is 1.72. The van der Waals surface area contributed by atoms with Crippen LogP contribution in [0.4, 0.5) is 0 Å². The molecule has 0 saturated heterocycles. The van der Waals surface area contributed by atoms with Crippen molar-refractivity contribution in [2.45, 2.75) is 13.5 Å². The number of rotatable bonds is 6. The molecule has 23 heavy (non-hydrogen) atoms. The van der Waals surface area contributed by atoms with Crippen molar-refractivity contribution >= 4 is 11.6 Å². The van der Waals surface area contributed by atoms with Crippen molar-refractivity contribution < 1.29 is 13.9 Å². The Kier molecular flexibility index (Phi) is 4.78. The maximum Gasteiger partial charge on any atom is 0.254 e. The highest BCUT2D eigenvalue weighted by Crippen LogP contribution is 2.28. The lowest BCUT2D eigenvalue weighted by molar-refractivity contribution is 0.243. The van der Waals surface area contributed by atoms with Crippen molar-refractivity contribution in [1.82, 2.24) is 10.2 Å². The number of hydrogen-bond donors (Lipinski definition) is 0. The standard InChI is InChI=1S/C17H15ClN2O3/c1-2-21-14-9-5-6-10-15(14)22-11-16-19-20-17(23-16)12-7-3-4-8-13(12)18/h3-10H,2,11H2,1H3. The molecule has 3 rings (SSSR count). The number of aromatic nitrogens is 2. The van der Waals surface area contributed by atoms with E-state index in [0.29, 0.717) is 40.5 Å². The van der Waals surface area contributed by atoms with Gasteiger partial charge in [-0.05, 0) is 31.2 Å². The van der Waals surface area contributed by atoms with Gasteiger partial charge in [0.05, 0.1) is 17.2 Å². The summed E-state index contributed by atoms with van der Waals surface area (Å²) in [6, 6.07) is 14.7. The molecule has 0 atom stereocenters. The predicted molar refractivity (Wildman–Crippen MR) is 86.7 cm³/mol. The van der Waals surface area contributed by atoms with Gasteiger partial charge in [-0.25, -0.2) is 0 Å². The van der Waals surface area contributed by atoms with Gasteiger partial charge >= 0.3 is 0 Å². The van der Waals surface area contributed by atoms with Gasteiger partial charge in [0.2, 0.25) is 5.89 Å². The molecule has 0 N–H and O–H groups in total. The molecule has 5 nitrogen and oxygen atoms in total. The summed E-state index contributed by atoms with van der Waals surface area (Å²) in [6.45, 7) is 2.64. The third-order valence-electron chi connectivity index (χ3n) is 3.07. The third-order valence-corrected chi connectivity index (χ3v) is 3.40. The van der Waals surface area contributed by atoms with E-state index in [1.165, 1.54) is 0 Å². The highest BCUT2D eigenvalue weighted by atomic mass is 35.5. The van der Waals surface area contributed by atoms with Crippen LogP contribution in [0.2, 0.25) is 5.02 Å². The molecule has 0 radical (unpaired) electrons. The van der Waals surface area contributed by atoms with Gasteiger partial charge in [-0.15, -0.1) is 10.2 Å². The van der Waals surface area contributed by atoms with Crippen LogP contribution in [0.25, 0.3) is 11.5 Å². The number of halogens is 1. The van der Waals surface area contributed by atoms with Gasteiger partial charge in [0, 0.05) is 0 Å². The van der Waals surface area contributed by atoms with E-state index in [-0.39, 0.29) is 6.61 Å². The van der Waals surface area contributed by atoms with Crippen molar-refractivity contribution in [3.8, 4) is 23.0 Å². The lowest BCUT2D eigenvalue weighted by atomic mass is 10.2. The van der Waals surface area contributed by atoms with Crippen LogP contribution >= 0.6 is 11.6 Å². The van der Waals surface area contributed by atoms with Crippen molar-refractivity contribution in [3.05, 3.63) is 59.4 Å². The second-order valence-corrected chi connectivity index (χ2v) is 5.06. The fraction of sp³-hybridized carbons (Fsp3) is 0.176. The zero-order valence-corrected chi connectivity index (χ0v) is 13.3. The average Bonchev–Trinajstić information content (AvgIpc) is 3.03. The third kappa shape index (κ3) is 3.63. The summed E-state index contributed by atoms with van der Waals surface area (Å²) >= 11 is 6.12. The summed E-state index contributed by atoms with van der Waals surface area (Å²) in [6.07, 6.45) is 0. The maximum atomic E-state index is 6.12. The average molecular weight is 331 g/mol. The van der Waals surface area contributed by atoms with E-state index in [1.807, 2.05) is 49.4 Å². The van der Waals surface area contributed by atoms with E-state index in [0.717, 1.165) is 0 Å². The summed E-state index contributed by atoms with van der Waals surface area (Å²) in [5, 5.41) is 8.55. The first-order valence-corrected chi connectivity index (χ1v) is 7.57. The summed E-state index contributed by atoms with van der Waals surface area (Å²) in [5.41, 5.74) is 0.697. The maximum absolute atomic E-state index is 6.12. The molecule has 1 aromatic heterocycles. The van der Waals surface area contributed by atoms with Gasteiger partial charge in [0.1, 0.15) is 0 Å². The smallest absolute Gasteiger partial charge is 0.254 e.